The van der Waals surface area contributed by atoms with E-state index in [1.807, 2.05) is 6.92 Å². The molecule has 37 heavy (non-hydrogen) atoms. The van der Waals surface area contributed by atoms with Crippen molar-refractivity contribution in [1.29, 1.82) is 0 Å². The summed E-state index contributed by atoms with van der Waals surface area (Å²) in [5.74, 6) is 0.941. The Morgan fingerprint density at radius 3 is 2.32 bits per heavy atom. The summed E-state index contributed by atoms with van der Waals surface area (Å²) in [5, 5.41) is 10.5. The smallest absolute Gasteiger partial charge is 0.305 e. The highest BCUT2D eigenvalue weighted by atomic mass is 16.5. The van der Waals surface area contributed by atoms with Crippen molar-refractivity contribution in [3.63, 3.8) is 0 Å². The van der Waals surface area contributed by atoms with Crippen LogP contribution in [0.3, 0.4) is 0 Å². The summed E-state index contributed by atoms with van der Waals surface area (Å²) in [6.45, 7) is 12.1. The van der Waals surface area contributed by atoms with Crippen LogP contribution in [0.5, 0.6) is 0 Å². The molecule has 4 fully saturated rings. The monoisotopic (exact) mass is 520 g/mol. The molecule has 0 bridgehead atoms. The third-order valence-corrected chi connectivity index (χ3v) is 11.2. The third-order valence-electron chi connectivity index (χ3n) is 11.2. The van der Waals surface area contributed by atoms with Crippen molar-refractivity contribution < 1.29 is 33.7 Å². The zero-order valence-corrected chi connectivity index (χ0v) is 23.7. The summed E-state index contributed by atoms with van der Waals surface area (Å²) >= 11 is 0. The predicted molar refractivity (Wildman–Crippen MR) is 138 cm³/mol. The molecule has 7 nitrogen and oxygen atoms in total. The molecule has 4 aliphatic carbocycles. The summed E-state index contributed by atoms with van der Waals surface area (Å²) in [4.78, 5) is 36.8. The highest BCUT2D eigenvalue weighted by Gasteiger charge is 2.67. The fourth-order valence-electron chi connectivity index (χ4n) is 9.57. The van der Waals surface area contributed by atoms with E-state index < -0.39 is 0 Å². The van der Waals surface area contributed by atoms with Gasteiger partial charge in [0.2, 0.25) is 0 Å². The maximum atomic E-state index is 12.4. The zero-order valence-electron chi connectivity index (χ0n) is 23.7. The van der Waals surface area contributed by atoms with Crippen LogP contribution in [0.1, 0.15) is 99.3 Å². The van der Waals surface area contributed by atoms with E-state index in [0.29, 0.717) is 18.9 Å². The van der Waals surface area contributed by atoms with E-state index in [2.05, 4.69) is 20.8 Å². The Bertz CT molecular complexity index is 872. The molecule has 4 aliphatic rings. The van der Waals surface area contributed by atoms with Gasteiger partial charge < -0.3 is 19.3 Å². The molecule has 0 aromatic rings. The first-order valence-electron chi connectivity index (χ1n) is 14.6. The summed E-state index contributed by atoms with van der Waals surface area (Å²) < 4.78 is 17.4. The normalized spacial score (nSPS) is 43.5. The molecule has 0 heterocycles. The van der Waals surface area contributed by atoms with E-state index >= 15 is 0 Å². The Kier molecular flexibility index (Phi) is 8.33. The van der Waals surface area contributed by atoms with Gasteiger partial charge >= 0.3 is 17.9 Å². The molecular weight excluding hydrogens is 472 g/mol. The van der Waals surface area contributed by atoms with Crippen molar-refractivity contribution >= 4 is 17.9 Å². The van der Waals surface area contributed by atoms with Gasteiger partial charge in [-0.15, -0.1) is 0 Å². The van der Waals surface area contributed by atoms with Crippen molar-refractivity contribution in [2.75, 3.05) is 6.61 Å². The molecule has 0 amide bonds. The largest absolute Gasteiger partial charge is 0.466 e. The van der Waals surface area contributed by atoms with E-state index in [1.165, 1.54) is 13.8 Å². The van der Waals surface area contributed by atoms with Crippen molar-refractivity contribution in [1.82, 2.24) is 0 Å². The number of ether oxygens (including phenoxy) is 3. The lowest BCUT2D eigenvalue weighted by molar-refractivity contribution is -0.223. The van der Waals surface area contributed by atoms with Crippen molar-refractivity contribution in [3.05, 3.63) is 0 Å². The summed E-state index contributed by atoms with van der Waals surface area (Å²) in [6, 6.07) is 0. The lowest BCUT2D eigenvalue weighted by Gasteiger charge is -2.64. The van der Waals surface area contributed by atoms with Gasteiger partial charge in [0, 0.05) is 31.6 Å². The van der Waals surface area contributed by atoms with Crippen LogP contribution in [0.4, 0.5) is 0 Å². The van der Waals surface area contributed by atoms with Gasteiger partial charge in [0.15, 0.2) is 0 Å². The molecule has 7 heteroatoms. The Labute approximate surface area is 222 Å². The quantitative estimate of drug-likeness (QED) is 0.370. The minimum absolute atomic E-state index is 0.0217. The molecule has 0 saturated heterocycles. The highest BCUT2D eigenvalue weighted by molar-refractivity contribution is 5.69. The second-order valence-corrected chi connectivity index (χ2v) is 13.0. The van der Waals surface area contributed by atoms with Gasteiger partial charge in [0.25, 0.3) is 0 Å². The maximum absolute atomic E-state index is 12.4. The number of aliphatic hydroxyl groups excluding tert-OH is 1. The summed E-state index contributed by atoms with van der Waals surface area (Å²) in [6.07, 6.45) is 6.50. The van der Waals surface area contributed by atoms with Crippen molar-refractivity contribution in [2.24, 2.45) is 46.3 Å². The molecular formula is C30H48O7. The third kappa shape index (κ3) is 5.18. The number of carbonyl (C=O) groups excluding carboxylic acids is 3. The molecule has 0 spiro atoms. The Morgan fingerprint density at radius 2 is 1.68 bits per heavy atom. The second kappa shape index (κ2) is 10.9. The maximum Gasteiger partial charge on any atom is 0.305 e. The van der Waals surface area contributed by atoms with Crippen LogP contribution in [0, 0.1) is 46.3 Å². The molecule has 0 unspecified atom stereocenters. The lowest BCUT2D eigenvalue weighted by Crippen LogP contribution is -2.63. The molecule has 1 N–H and O–H groups in total. The topological polar surface area (TPSA) is 99.1 Å². The number of aliphatic hydroxyl groups is 1. The van der Waals surface area contributed by atoms with Gasteiger partial charge in [-0.05, 0) is 93.3 Å². The first-order chi connectivity index (χ1) is 17.4. The summed E-state index contributed by atoms with van der Waals surface area (Å²) in [5.41, 5.74) is -0.232. The van der Waals surface area contributed by atoms with Gasteiger partial charge in [-0.3, -0.25) is 14.4 Å². The minimum Gasteiger partial charge on any atom is -0.466 e. The molecule has 210 valence electrons. The fraction of sp³-hybridized carbons (Fsp3) is 0.900. The van der Waals surface area contributed by atoms with Crippen LogP contribution < -0.4 is 0 Å². The van der Waals surface area contributed by atoms with Gasteiger partial charge in [0.1, 0.15) is 12.2 Å². The Balaban J connectivity index is 1.69. The van der Waals surface area contributed by atoms with E-state index in [1.54, 1.807) is 0 Å². The van der Waals surface area contributed by atoms with Gasteiger partial charge in [-0.25, -0.2) is 0 Å². The van der Waals surface area contributed by atoms with E-state index in [-0.39, 0.29) is 76.6 Å². The zero-order chi connectivity index (χ0) is 27.1. The molecule has 0 aromatic heterocycles. The van der Waals surface area contributed by atoms with Crippen LogP contribution in [0.2, 0.25) is 0 Å². The molecule has 0 radical (unpaired) electrons. The van der Waals surface area contributed by atoms with E-state index in [4.69, 9.17) is 14.2 Å². The number of fused-ring (bicyclic) bond motifs is 5. The SMILES string of the molecule is CCOC(=O)CC[C@@H](C)[C@H]1CC[C@H]2[C@@H]3[C@H](OC(C)=O)C[C@@H]4C[C@H](O)CC[C@]4(C)[C@H]3C[C@H](OC(C)=O)[C@]12C. The Hall–Kier alpha value is -1.63. The first kappa shape index (κ1) is 28.4. The van der Waals surface area contributed by atoms with Crippen LogP contribution in [-0.2, 0) is 28.6 Å². The average molecular weight is 521 g/mol. The Morgan fingerprint density at radius 1 is 0.973 bits per heavy atom. The summed E-state index contributed by atoms with van der Waals surface area (Å²) in [7, 11) is 0. The molecule has 11 atom stereocenters. The van der Waals surface area contributed by atoms with Gasteiger partial charge in [0.05, 0.1) is 12.7 Å². The van der Waals surface area contributed by atoms with Crippen LogP contribution >= 0.6 is 0 Å². The molecule has 4 saturated carbocycles. The minimum atomic E-state index is -0.304. The van der Waals surface area contributed by atoms with Crippen molar-refractivity contribution in [2.45, 2.75) is 118 Å². The second-order valence-electron chi connectivity index (χ2n) is 13.0. The first-order valence-corrected chi connectivity index (χ1v) is 14.6. The number of hydrogen-bond donors (Lipinski definition) is 1. The predicted octanol–water partition coefficient (Wildman–Crippen LogP) is 5.07. The number of carbonyl (C=O) groups is 3. The molecule has 4 rings (SSSR count). The fourth-order valence-corrected chi connectivity index (χ4v) is 9.57. The number of hydrogen-bond acceptors (Lipinski definition) is 7. The van der Waals surface area contributed by atoms with Crippen LogP contribution in [-0.4, -0.2) is 47.9 Å². The van der Waals surface area contributed by atoms with Gasteiger partial charge in [-0.2, -0.15) is 0 Å². The standard InChI is InChI=1S/C30H48O7/c1-7-35-27(34)11-8-17(2)22-9-10-23-28-24(16-26(30(22,23)6)37-19(4)32)29(5)13-12-21(33)14-20(29)15-25(28)36-18(3)31/h17,20-26,28,33H,7-16H2,1-6H3/t17-,20+,21-,22-,23+,24+,25-,26+,28+,29+,30-/m1/s1. The molecule has 0 aliphatic heterocycles. The number of esters is 3. The van der Waals surface area contributed by atoms with Gasteiger partial charge in [-0.1, -0.05) is 20.8 Å². The molecule has 0 aromatic carbocycles. The average Bonchev–Trinajstić information content (AvgIpc) is 3.17. The van der Waals surface area contributed by atoms with Crippen LogP contribution in [0.25, 0.3) is 0 Å². The van der Waals surface area contributed by atoms with E-state index in [9.17, 15) is 19.5 Å². The van der Waals surface area contributed by atoms with Crippen molar-refractivity contribution in [3.8, 4) is 0 Å². The highest BCUT2D eigenvalue weighted by Crippen LogP contribution is 2.69. The van der Waals surface area contributed by atoms with E-state index in [0.717, 1.165) is 51.4 Å². The number of rotatable bonds is 7. The van der Waals surface area contributed by atoms with Crippen LogP contribution in [0.15, 0.2) is 0 Å². The lowest BCUT2D eigenvalue weighted by atomic mass is 9.43.